The predicted octanol–water partition coefficient (Wildman–Crippen LogP) is 2.91. The highest BCUT2D eigenvalue weighted by molar-refractivity contribution is 5.85. The zero-order valence-electron chi connectivity index (χ0n) is 12.7. The summed E-state index contributed by atoms with van der Waals surface area (Å²) in [6.07, 6.45) is 5.90. The third-order valence-corrected chi connectivity index (χ3v) is 5.10. The van der Waals surface area contributed by atoms with Crippen LogP contribution >= 0.6 is 12.4 Å². The maximum absolute atomic E-state index is 13.0. The first-order valence-corrected chi connectivity index (χ1v) is 7.87. The summed E-state index contributed by atoms with van der Waals surface area (Å²) in [6, 6.07) is 6.84. The molecule has 22 heavy (non-hydrogen) atoms. The molecule has 0 aromatic heterocycles. The van der Waals surface area contributed by atoms with E-state index in [-0.39, 0.29) is 35.6 Å². The summed E-state index contributed by atoms with van der Waals surface area (Å²) >= 11 is 0. The van der Waals surface area contributed by atoms with Crippen LogP contribution in [0.25, 0.3) is 0 Å². The number of benzene rings is 1. The average Bonchev–Trinajstić information content (AvgIpc) is 3.16. The third kappa shape index (κ3) is 3.79. The van der Waals surface area contributed by atoms with E-state index >= 15 is 0 Å². The van der Waals surface area contributed by atoms with Gasteiger partial charge in [0.25, 0.3) is 0 Å². The van der Waals surface area contributed by atoms with Crippen LogP contribution in [0.4, 0.5) is 4.39 Å². The van der Waals surface area contributed by atoms with E-state index in [1.54, 1.807) is 0 Å². The van der Waals surface area contributed by atoms with Gasteiger partial charge in [0.15, 0.2) is 0 Å². The second kappa shape index (κ2) is 6.97. The van der Waals surface area contributed by atoms with Crippen LogP contribution in [0, 0.1) is 11.7 Å². The van der Waals surface area contributed by atoms with Gasteiger partial charge in [-0.05, 0) is 49.3 Å². The van der Waals surface area contributed by atoms with Crippen molar-refractivity contribution in [2.24, 2.45) is 11.7 Å². The van der Waals surface area contributed by atoms with Crippen molar-refractivity contribution in [1.82, 2.24) is 5.32 Å². The number of nitrogens with two attached hydrogens (primary N) is 1. The summed E-state index contributed by atoms with van der Waals surface area (Å²) < 4.78 is 13.0. The number of halogens is 2. The zero-order valence-corrected chi connectivity index (χ0v) is 13.5. The van der Waals surface area contributed by atoms with Gasteiger partial charge in [0, 0.05) is 24.4 Å². The lowest BCUT2D eigenvalue weighted by Gasteiger charge is -2.19. The molecule has 0 saturated heterocycles. The summed E-state index contributed by atoms with van der Waals surface area (Å²) in [6.45, 7) is 0.652. The van der Waals surface area contributed by atoms with Gasteiger partial charge < -0.3 is 11.1 Å². The Balaban J connectivity index is 0.00000176. The smallest absolute Gasteiger partial charge is 0.220 e. The fraction of sp³-hybridized carbons (Fsp3) is 0.588. The average molecular weight is 327 g/mol. The molecule has 0 spiro atoms. The van der Waals surface area contributed by atoms with E-state index in [0.717, 1.165) is 37.7 Å². The van der Waals surface area contributed by atoms with E-state index in [9.17, 15) is 9.18 Å². The standard InChI is InChI=1S/C17H23FN2O.ClH/c18-14-6-4-13(5-7-14)17(8-9-17)11-20-16(21)10-12-2-1-3-15(12)19;/h4-7,12,15H,1-3,8-11,19H2,(H,20,21);1H/t12-,15+;/m0./s1. The summed E-state index contributed by atoms with van der Waals surface area (Å²) in [5.74, 6) is 0.227. The second-order valence-corrected chi connectivity index (χ2v) is 6.62. The first-order valence-electron chi connectivity index (χ1n) is 7.87. The molecule has 3 rings (SSSR count). The molecule has 1 aromatic rings. The number of hydrogen-bond donors (Lipinski definition) is 2. The van der Waals surface area contributed by atoms with Gasteiger partial charge >= 0.3 is 0 Å². The Hall–Kier alpha value is -1.13. The molecule has 2 aliphatic carbocycles. The van der Waals surface area contributed by atoms with E-state index in [0.29, 0.717) is 18.9 Å². The van der Waals surface area contributed by atoms with Crippen LogP contribution in [0.3, 0.4) is 0 Å². The molecule has 122 valence electrons. The van der Waals surface area contributed by atoms with Crippen molar-refractivity contribution < 1.29 is 9.18 Å². The minimum absolute atomic E-state index is 0. The highest BCUT2D eigenvalue weighted by atomic mass is 35.5. The largest absolute Gasteiger partial charge is 0.355 e. The molecular weight excluding hydrogens is 303 g/mol. The Labute approximate surface area is 137 Å². The molecule has 0 unspecified atom stereocenters. The lowest BCUT2D eigenvalue weighted by atomic mass is 9.95. The Morgan fingerprint density at radius 3 is 2.50 bits per heavy atom. The Kier molecular flexibility index (Phi) is 5.45. The van der Waals surface area contributed by atoms with Crippen molar-refractivity contribution >= 4 is 18.3 Å². The number of hydrogen-bond acceptors (Lipinski definition) is 2. The quantitative estimate of drug-likeness (QED) is 0.874. The molecule has 0 aliphatic heterocycles. The molecule has 0 heterocycles. The molecule has 1 amide bonds. The molecule has 2 atom stereocenters. The second-order valence-electron chi connectivity index (χ2n) is 6.62. The number of nitrogens with one attached hydrogen (secondary N) is 1. The van der Waals surface area contributed by atoms with Gasteiger partial charge in [0.05, 0.1) is 0 Å². The Morgan fingerprint density at radius 2 is 1.95 bits per heavy atom. The maximum Gasteiger partial charge on any atom is 0.220 e. The molecule has 2 aliphatic rings. The minimum atomic E-state index is -0.214. The summed E-state index contributed by atoms with van der Waals surface area (Å²) in [5, 5.41) is 3.06. The fourth-order valence-corrected chi connectivity index (χ4v) is 3.42. The lowest BCUT2D eigenvalue weighted by Crippen LogP contribution is -2.35. The normalized spacial score (nSPS) is 25.4. The van der Waals surface area contributed by atoms with E-state index in [4.69, 9.17) is 5.73 Å². The van der Waals surface area contributed by atoms with Gasteiger partial charge in [-0.2, -0.15) is 0 Å². The molecule has 5 heteroatoms. The third-order valence-electron chi connectivity index (χ3n) is 5.10. The van der Waals surface area contributed by atoms with Crippen LogP contribution in [0.15, 0.2) is 24.3 Å². The Morgan fingerprint density at radius 1 is 1.27 bits per heavy atom. The van der Waals surface area contributed by atoms with Crippen LogP contribution in [-0.2, 0) is 10.2 Å². The van der Waals surface area contributed by atoms with Crippen LogP contribution in [0.5, 0.6) is 0 Å². The molecule has 2 fully saturated rings. The van der Waals surface area contributed by atoms with Crippen LogP contribution in [0.1, 0.15) is 44.1 Å². The molecule has 1 aromatic carbocycles. The number of carbonyl (C=O) groups is 1. The number of carbonyl (C=O) groups excluding carboxylic acids is 1. The van der Waals surface area contributed by atoms with Crippen molar-refractivity contribution in [2.45, 2.75) is 50.0 Å². The Bertz CT molecular complexity index is 516. The predicted molar refractivity (Wildman–Crippen MR) is 87.5 cm³/mol. The monoisotopic (exact) mass is 326 g/mol. The van der Waals surface area contributed by atoms with Crippen molar-refractivity contribution in [3.05, 3.63) is 35.6 Å². The van der Waals surface area contributed by atoms with Gasteiger partial charge in [0.2, 0.25) is 5.91 Å². The molecule has 3 N–H and O–H groups in total. The summed E-state index contributed by atoms with van der Waals surface area (Å²) in [4.78, 5) is 12.1. The molecule has 2 saturated carbocycles. The van der Waals surface area contributed by atoms with Gasteiger partial charge in [-0.15, -0.1) is 12.4 Å². The molecule has 3 nitrogen and oxygen atoms in total. The topological polar surface area (TPSA) is 55.1 Å². The fourth-order valence-electron chi connectivity index (χ4n) is 3.42. The first kappa shape index (κ1) is 17.2. The summed E-state index contributed by atoms with van der Waals surface area (Å²) in [7, 11) is 0. The molecule has 0 radical (unpaired) electrons. The van der Waals surface area contributed by atoms with Crippen molar-refractivity contribution in [3.63, 3.8) is 0 Å². The molecular formula is C17H24ClFN2O. The minimum Gasteiger partial charge on any atom is -0.355 e. The van der Waals surface area contributed by atoms with Crippen LogP contribution < -0.4 is 11.1 Å². The lowest BCUT2D eigenvalue weighted by molar-refractivity contribution is -0.122. The van der Waals surface area contributed by atoms with Crippen LogP contribution in [0.2, 0.25) is 0 Å². The van der Waals surface area contributed by atoms with Crippen molar-refractivity contribution in [1.29, 1.82) is 0 Å². The van der Waals surface area contributed by atoms with E-state index < -0.39 is 0 Å². The van der Waals surface area contributed by atoms with Gasteiger partial charge in [0.1, 0.15) is 5.82 Å². The van der Waals surface area contributed by atoms with E-state index in [1.165, 1.54) is 12.1 Å². The van der Waals surface area contributed by atoms with Crippen molar-refractivity contribution in [3.8, 4) is 0 Å². The zero-order chi connectivity index (χ0) is 14.9. The summed E-state index contributed by atoms with van der Waals surface area (Å²) in [5.41, 5.74) is 7.17. The highest BCUT2D eigenvalue weighted by Gasteiger charge is 2.44. The number of rotatable bonds is 5. The number of amides is 1. The van der Waals surface area contributed by atoms with Crippen LogP contribution in [-0.4, -0.2) is 18.5 Å². The van der Waals surface area contributed by atoms with Gasteiger partial charge in [-0.3, -0.25) is 4.79 Å². The molecule has 0 bridgehead atoms. The first-order chi connectivity index (χ1) is 10.1. The SMILES string of the molecule is Cl.N[C@@H]1CCC[C@H]1CC(=O)NCC1(c2ccc(F)cc2)CC1. The highest BCUT2D eigenvalue weighted by Crippen LogP contribution is 2.47. The maximum atomic E-state index is 13.0. The van der Waals surface area contributed by atoms with E-state index in [1.807, 2.05) is 12.1 Å². The van der Waals surface area contributed by atoms with Crippen molar-refractivity contribution in [2.75, 3.05) is 6.54 Å². The van der Waals surface area contributed by atoms with E-state index in [2.05, 4.69) is 5.32 Å². The van der Waals surface area contributed by atoms with Gasteiger partial charge in [-0.1, -0.05) is 18.6 Å². The van der Waals surface area contributed by atoms with Gasteiger partial charge in [-0.25, -0.2) is 4.39 Å².